The second-order valence-corrected chi connectivity index (χ2v) is 8.84. The van der Waals surface area contributed by atoms with Gasteiger partial charge in [0, 0.05) is 29.7 Å². The highest BCUT2D eigenvalue weighted by Gasteiger charge is 2.29. The number of furan rings is 1. The zero-order chi connectivity index (χ0) is 20.3. The number of likely N-dealkylation sites (tertiary alicyclic amines) is 1. The van der Waals surface area contributed by atoms with Crippen molar-refractivity contribution in [2.24, 2.45) is 0 Å². The molecule has 1 fully saturated rings. The molecule has 2 heterocycles. The van der Waals surface area contributed by atoms with Gasteiger partial charge in [0.15, 0.2) is 17.3 Å². The number of sulfonamides is 1. The molecular formula is C18H21BrN2O6S. The van der Waals surface area contributed by atoms with Crippen LogP contribution in [0.5, 0.6) is 11.5 Å². The van der Waals surface area contributed by atoms with Gasteiger partial charge in [0.1, 0.15) is 4.90 Å². The number of amides is 1. The molecule has 152 valence electrons. The number of halogens is 1. The molecule has 0 unspecified atom stereocenters. The summed E-state index contributed by atoms with van der Waals surface area (Å²) in [7, 11) is -0.857. The minimum Gasteiger partial charge on any atom is -0.493 e. The summed E-state index contributed by atoms with van der Waals surface area (Å²) in [5, 5.41) is 0. The molecule has 8 nitrogen and oxygen atoms in total. The molecule has 0 saturated carbocycles. The number of carbonyl (C=O) groups is 1. The van der Waals surface area contributed by atoms with Crippen LogP contribution in [0.1, 0.15) is 23.4 Å². The summed E-state index contributed by atoms with van der Waals surface area (Å²) >= 11 is 3.28. The van der Waals surface area contributed by atoms with Gasteiger partial charge in [0.05, 0.1) is 20.5 Å². The van der Waals surface area contributed by atoms with Crippen molar-refractivity contribution in [3.05, 3.63) is 40.8 Å². The van der Waals surface area contributed by atoms with Gasteiger partial charge in [-0.2, -0.15) is 0 Å². The number of methoxy groups -OCH3 is 2. The summed E-state index contributed by atoms with van der Waals surface area (Å²) in [6.07, 6.45) is 2.47. The number of piperidine rings is 1. The number of carbonyl (C=O) groups excluding carboxylic acids is 1. The van der Waals surface area contributed by atoms with Crippen molar-refractivity contribution in [1.29, 1.82) is 0 Å². The fourth-order valence-corrected chi connectivity index (χ4v) is 5.42. The lowest BCUT2D eigenvalue weighted by atomic mass is 10.1. The van der Waals surface area contributed by atoms with Gasteiger partial charge in [-0.05, 0) is 47.0 Å². The normalized spacial score (nSPS) is 15.5. The average Bonchev–Trinajstić information content (AvgIpc) is 3.22. The molecule has 2 aromatic rings. The van der Waals surface area contributed by atoms with E-state index in [1.54, 1.807) is 23.1 Å². The summed E-state index contributed by atoms with van der Waals surface area (Å²) in [4.78, 5) is 14.0. The summed E-state index contributed by atoms with van der Waals surface area (Å²) in [6.45, 7) is 0.889. The minimum atomic E-state index is -3.78. The molecule has 1 aromatic heterocycles. The molecule has 0 radical (unpaired) electrons. The van der Waals surface area contributed by atoms with E-state index in [4.69, 9.17) is 13.9 Å². The number of rotatable bonds is 6. The lowest BCUT2D eigenvalue weighted by Gasteiger charge is -2.31. The van der Waals surface area contributed by atoms with Crippen LogP contribution in [-0.2, 0) is 10.0 Å². The molecule has 1 aliphatic heterocycles. The Kier molecular flexibility index (Phi) is 6.31. The van der Waals surface area contributed by atoms with Crippen molar-refractivity contribution in [3.8, 4) is 11.5 Å². The van der Waals surface area contributed by atoms with Crippen LogP contribution in [0, 0.1) is 0 Å². The van der Waals surface area contributed by atoms with Gasteiger partial charge in [0.25, 0.3) is 5.91 Å². The summed E-state index contributed by atoms with van der Waals surface area (Å²) in [5.41, 5.74) is 0. The highest BCUT2D eigenvalue weighted by molar-refractivity contribution is 9.10. The van der Waals surface area contributed by atoms with Crippen LogP contribution in [0.2, 0.25) is 0 Å². The van der Waals surface area contributed by atoms with Crippen LogP contribution in [-0.4, -0.2) is 52.6 Å². The molecule has 1 aliphatic rings. The van der Waals surface area contributed by atoms with Gasteiger partial charge in [-0.1, -0.05) is 0 Å². The standard InChI is InChI=1S/C18H21BrN2O6S/c1-25-15-10-13(19)17(11-16(15)26-2)28(23,24)20-12-5-7-21(8-6-12)18(22)14-4-3-9-27-14/h3-4,9-12,20H,5-8H2,1-2H3. The molecule has 0 aliphatic carbocycles. The summed E-state index contributed by atoms with van der Waals surface area (Å²) < 4.78 is 44.3. The van der Waals surface area contributed by atoms with Crippen LogP contribution in [0.25, 0.3) is 0 Å². The van der Waals surface area contributed by atoms with Crippen molar-refractivity contribution in [1.82, 2.24) is 9.62 Å². The molecule has 0 atom stereocenters. The Hall–Kier alpha value is -2.04. The van der Waals surface area contributed by atoms with Gasteiger partial charge < -0.3 is 18.8 Å². The first-order valence-corrected chi connectivity index (χ1v) is 10.9. The SMILES string of the molecule is COc1cc(Br)c(S(=O)(=O)NC2CCN(C(=O)c3ccco3)CC2)cc1OC. The second-order valence-electron chi connectivity index (χ2n) is 6.30. The van der Waals surface area contributed by atoms with Crippen LogP contribution in [0.3, 0.4) is 0 Å². The third kappa shape index (κ3) is 4.34. The van der Waals surface area contributed by atoms with E-state index >= 15 is 0 Å². The van der Waals surface area contributed by atoms with Gasteiger partial charge in [-0.25, -0.2) is 13.1 Å². The molecule has 1 N–H and O–H groups in total. The number of ether oxygens (including phenoxy) is 2. The molecule has 28 heavy (non-hydrogen) atoms. The predicted molar refractivity (Wildman–Crippen MR) is 105 cm³/mol. The smallest absolute Gasteiger partial charge is 0.289 e. The molecule has 1 amide bonds. The topological polar surface area (TPSA) is 98.1 Å². The fourth-order valence-electron chi connectivity index (χ4n) is 3.08. The zero-order valence-corrected chi connectivity index (χ0v) is 17.9. The molecule has 0 bridgehead atoms. The highest BCUT2D eigenvalue weighted by atomic mass is 79.9. The Morgan fingerprint density at radius 3 is 2.43 bits per heavy atom. The summed E-state index contributed by atoms with van der Waals surface area (Å²) in [6, 6.07) is 5.98. The van der Waals surface area contributed by atoms with E-state index in [0.29, 0.717) is 41.9 Å². The van der Waals surface area contributed by atoms with E-state index in [2.05, 4.69) is 20.7 Å². The molecule has 3 rings (SSSR count). The number of hydrogen-bond acceptors (Lipinski definition) is 6. The maximum atomic E-state index is 12.9. The number of benzene rings is 1. The lowest BCUT2D eigenvalue weighted by Crippen LogP contribution is -2.46. The number of hydrogen-bond donors (Lipinski definition) is 1. The zero-order valence-electron chi connectivity index (χ0n) is 15.5. The van der Waals surface area contributed by atoms with Crippen molar-refractivity contribution in [3.63, 3.8) is 0 Å². The first-order valence-electron chi connectivity index (χ1n) is 8.62. The van der Waals surface area contributed by atoms with Gasteiger partial charge in [0.2, 0.25) is 10.0 Å². The van der Waals surface area contributed by atoms with Gasteiger partial charge in [-0.15, -0.1) is 0 Å². The van der Waals surface area contributed by atoms with Gasteiger partial charge in [-0.3, -0.25) is 4.79 Å². The number of nitrogens with zero attached hydrogens (tertiary/aromatic N) is 1. The predicted octanol–water partition coefficient (Wildman–Crippen LogP) is 2.64. The third-order valence-corrected chi connectivity index (χ3v) is 7.04. The van der Waals surface area contributed by atoms with Crippen LogP contribution < -0.4 is 14.2 Å². The van der Waals surface area contributed by atoms with E-state index in [0.717, 1.165) is 0 Å². The largest absolute Gasteiger partial charge is 0.493 e. The molecular weight excluding hydrogens is 452 g/mol. The first kappa shape index (κ1) is 20.7. The summed E-state index contributed by atoms with van der Waals surface area (Å²) in [5.74, 6) is 0.852. The number of nitrogens with one attached hydrogen (secondary N) is 1. The van der Waals surface area contributed by atoms with Crippen molar-refractivity contribution >= 4 is 31.9 Å². The Balaban J connectivity index is 1.68. The Morgan fingerprint density at radius 2 is 1.86 bits per heavy atom. The molecule has 0 spiro atoms. The lowest BCUT2D eigenvalue weighted by molar-refractivity contribution is 0.0679. The van der Waals surface area contributed by atoms with Crippen LogP contribution in [0.4, 0.5) is 0 Å². The van der Waals surface area contributed by atoms with Crippen LogP contribution >= 0.6 is 15.9 Å². The van der Waals surface area contributed by atoms with Crippen molar-refractivity contribution in [2.75, 3.05) is 27.3 Å². The minimum absolute atomic E-state index is 0.0687. The van der Waals surface area contributed by atoms with E-state index in [-0.39, 0.29) is 22.6 Å². The Bertz CT molecular complexity index is 937. The average molecular weight is 473 g/mol. The maximum absolute atomic E-state index is 12.9. The monoisotopic (exact) mass is 472 g/mol. The maximum Gasteiger partial charge on any atom is 0.289 e. The first-order chi connectivity index (χ1) is 13.4. The van der Waals surface area contributed by atoms with Crippen LogP contribution in [0.15, 0.2) is 44.3 Å². The van der Waals surface area contributed by atoms with Gasteiger partial charge >= 0.3 is 0 Å². The van der Waals surface area contributed by atoms with E-state index in [1.807, 2.05) is 0 Å². The Morgan fingerprint density at radius 1 is 1.21 bits per heavy atom. The Labute approximate surface area is 172 Å². The molecule has 10 heteroatoms. The highest BCUT2D eigenvalue weighted by Crippen LogP contribution is 2.35. The molecule has 1 saturated heterocycles. The van der Waals surface area contributed by atoms with Crippen molar-refractivity contribution in [2.45, 2.75) is 23.8 Å². The van der Waals surface area contributed by atoms with E-state index in [1.165, 1.54) is 26.5 Å². The molecule has 1 aromatic carbocycles. The fraction of sp³-hybridized carbons (Fsp3) is 0.389. The second kappa shape index (κ2) is 8.54. The third-order valence-electron chi connectivity index (χ3n) is 4.56. The van der Waals surface area contributed by atoms with E-state index in [9.17, 15) is 13.2 Å². The van der Waals surface area contributed by atoms with Crippen molar-refractivity contribution < 1.29 is 27.1 Å². The van der Waals surface area contributed by atoms with E-state index < -0.39 is 10.0 Å². The quantitative estimate of drug-likeness (QED) is 0.693.